The second-order valence-corrected chi connectivity index (χ2v) is 4.90. The Morgan fingerprint density at radius 3 is 1.76 bits per heavy atom. The standard InChI is InChI=1S/C15H12O2/c16-14-10-3-1-2-4-11(10)15(17)13-9-6-5-8(7-9)12(13)14/h1-6,8-9,16-17H,7H2/t8-,9+. The van der Waals surface area contributed by atoms with Crippen LogP contribution < -0.4 is 0 Å². The van der Waals surface area contributed by atoms with Crippen LogP contribution in [0.2, 0.25) is 0 Å². The second kappa shape index (κ2) is 2.83. The molecule has 0 radical (unpaired) electrons. The molecule has 2 bridgehead atoms. The van der Waals surface area contributed by atoms with Gasteiger partial charge < -0.3 is 10.2 Å². The molecule has 2 nitrogen and oxygen atoms in total. The van der Waals surface area contributed by atoms with Gasteiger partial charge in [0, 0.05) is 33.7 Å². The number of hydrogen-bond acceptors (Lipinski definition) is 2. The highest BCUT2D eigenvalue weighted by Gasteiger charge is 2.38. The normalized spacial score (nSPS) is 24.5. The van der Waals surface area contributed by atoms with Gasteiger partial charge in [0.15, 0.2) is 0 Å². The van der Waals surface area contributed by atoms with Crippen LogP contribution in [0.25, 0.3) is 10.8 Å². The lowest BCUT2D eigenvalue weighted by Gasteiger charge is -2.17. The minimum atomic E-state index is 0.283. The first-order valence-corrected chi connectivity index (χ1v) is 5.92. The lowest BCUT2D eigenvalue weighted by molar-refractivity contribution is 0.460. The number of benzene rings is 2. The van der Waals surface area contributed by atoms with Crippen molar-refractivity contribution in [2.75, 3.05) is 0 Å². The van der Waals surface area contributed by atoms with E-state index in [-0.39, 0.29) is 11.8 Å². The fourth-order valence-corrected chi connectivity index (χ4v) is 3.32. The number of fused-ring (bicyclic) bond motifs is 6. The molecule has 2 heteroatoms. The molecule has 2 N–H and O–H groups in total. The highest BCUT2D eigenvalue weighted by molar-refractivity contribution is 5.96. The minimum Gasteiger partial charge on any atom is -0.507 e. The molecule has 4 rings (SSSR count). The van der Waals surface area contributed by atoms with E-state index < -0.39 is 0 Å². The molecule has 0 aromatic heterocycles. The van der Waals surface area contributed by atoms with Crippen molar-refractivity contribution in [3.05, 3.63) is 47.5 Å². The smallest absolute Gasteiger partial charge is 0.127 e. The predicted octanol–water partition coefficient (Wildman–Crippen LogP) is 3.39. The Morgan fingerprint density at radius 2 is 1.29 bits per heavy atom. The van der Waals surface area contributed by atoms with Gasteiger partial charge in [-0.15, -0.1) is 0 Å². The average Bonchev–Trinajstić information content (AvgIpc) is 2.96. The van der Waals surface area contributed by atoms with E-state index >= 15 is 0 Å². The molecule has 0 saturated heterocycles. The summed E-state index contributed by atoms with van der Waals surface area (Å²) in [6.45, 7) is 0. The molecule has 2 aliphatic rings. The third kappa shape index (κ3) is 0.960. The maximum absolute atomic E-state index is 10.4. The molecule has 2 aliphatic carbocycles. The molecule has 0 unspecified atom stereocenters. The van der Waals surface area contributed by atoms with Crippen molar-refractivity contribution in [1.29, 1.82) is 0 Å². The summed E-state index contributed by atoms with van der Waals surface area (Å²) >= 11 is 0. The zero-order chi connectivity index (χ0) is 11.6. The monoisotopic (exact) mass is 224 g/mol. The van der Waals surface area contributed by atoms with Gasteiger partial charge in [0.2, 0.25) is 0 Å². The first-order valence-electron chi connectivity index (χ1n) is 5.92. The summed E-state index contributed by atoms with van der Waals surface area (Å²) in [6.07, 6.45) is 5.27. The largest absolute Gasteiger partial charge is 0.507 e. The lowest BCUT2D eigenvalue weighted by atomic mass is 9.91. The number of aromatic hydroxyl groups is 2. The Bertz CT molecular complexity index is 614. The Morgan fingerprint density at radius 1 is 0.824 bits per heavy atom. The number of rotatable bonds is 0. The first-order chi connectivity index (χ1) is 8.27. The topological polar surface area (TPSA) is 40.5 Å². The van der Waals surface area contributed by atoms with E-state index in [1.54, 1.807) is 0 Å². The van der Waals surface area contributed by atoms with Gasteiger partial charge in [-0.3, -0.25) is 0 Å². The third-order valence-electron chi connectivity index (χ3n) is 4.06. The van der Waals surface area contributed by atoms with Gasteiger partial charge >= 0.3 is 0 Å². The number of allylic oxidation sites excluding steroid dienone is 2. The van der Waals surface area contributed by atoms with Crippen molar-refractivity contribution >= 4 is 10.8 Å². The van der Waals surface area contributed by atoms with Gasteiger partial charge in [-0.2, -0.15) is 0 Å². The zero-order valence-electron chi connectivity index (χ0n) is 9.22. The van der Waals surface area contributed by atoms with Crippen LogP contribution in [-0.4, -0.2) is 10.2 Å². The van der Waals surface area contributed by atoms with Crippen LogP contribution in [0.1, 0.15) is 29.4 Å². The van der Waals surface area contributed by atoms with Gasteiger partial charge in [0.25, 0.3) is 0 Å². The molecule has 84 valence electrons. The second-order valence-electron chi connectivity index (χ2n) is 4.90. The predicted molar refractivity (Wildman–Crippen MR) is 66.5 cm³/mol. The SMILES string of the molecule is Oc1c2c(c(O)c3ccccc13)[C@H]1C=C[C@@H]2C1. The van der Waals surface area contributed by atoms with Crippen molar-refractivity contribution in [2.24, 2.45) is 0 Å². The maximum atomic E-state index is 10.4. The quantitative estimate of drug-likeness (QED) is 0.532. The molecule has 17 heavy (non-hydrogen) atoms. The van der Waals surface area contributed by atoms with Crippen LogP contribution in [0.3, 0.4) is 0 Å². The highest BCUT2D eigenvalue weighted by atomic mass is 16.3. The van der Waals surface area contributed by atoms with E-state index in [4.69, 9.17) is 0 Å². The molecule has 0 heterocycles. The van der Waals surface area contributed by atoms with Crippen molar-refractivity contribution in [1.82, 2.24) is 0 Å². The van der Waals surface area contributed by atoms with E-state index in [9.17, 15) is 10.2 Å². The summed E-state index contributed by atoms with van der Waals surface area (Å²) in [6, 6.07) is 7.49. The fraction of sp³-hybridized carbons (Fsp3) is 0.200. The van der Waals surface area contributed by atoms with E-state index in [0.717, 1.165) is 28.3 Å². The maximum Gasteiger partial charge on any atom is 0.127 e. The Hall–Kier alpha value is -1.96. The minimum absolute atomic E-state index is 0.283. The number of phenolic OH excluding ortho intramolecular Hbond substituents is 2. The molecule has 2 aromatic carbocycles. The molecule has 0 fully saturated rings. The van der Waals surface area contributed by atoms with Gasteiger partial charge in [-0.05, 0) is 6.42 Å². The Labute approximate surface area is 98.8 Å². The summed E-state index contributed by atoms with van der Waals surface area (Å²) in [5.41, 5.74) is 1.88. The first kappa shape index (κ1) is 9.11. The Balaban J connectivity index is 2.20. The molecule has 2 aromatic rings. The van der Waals surface area contributed by atoms with Crippen molar-refractivity contribution in [2.45, 2.75) is 18.3 Å². The summed E-state index contributed by atoms with van der Waals surface area (Å²) in [5.74, 6) is 1.27. The van der Waals surface area contributed by atoms with Gasteiger partial charge in [-0.1, -0.05) is 36.4 Å². The Kier molecular flexibility index (Phi) is 1.52. The van der Waals surface area contributed by atoms with Gasteiger partial charge in [0.1, 0.15) is 11.5 Å². The lowest BCUT2D eigenvalue weighted by Crippen LogP contribution is -1.95. The van der Waals surface area contributed by atoms with Crippen molar-refractivity contribution in [3.8, 4) is 11.5 Å². The molecular weight excluding hydrogens is 212 g/mol. The van der Waals surface area contributed by atoms with E-state index in [2.05, 4.69) is 12.2 Å². The molecule has 2 atom stereocenters. The molecule has 0 saturated carbocycles. The molecule has 0 spiro atoms. The van der Waals surface area contributed by atoms with E-state index in [1.165, 1.54) is 0 Å². The van der Waals surface area contributed by atoms with Crippen LogP contribution in [-0.2, 0) is 0 Å². The van der Waals surface area contributed by atoms with E-state index in [1.807, 2.05) is 24.3 Å². The van der Waals surface area contributed by atoms with Crippen LogP contribution in [0.15, 0.2) is 36.4 Å². The summed E-state index contributed by atoms with van der Waals surface area (Å²) < 4.78 is 0. The highest BCUT2D eigenvalue weighted by Crippen LogP contribution is 2.57. The molecular formula is C15H12O2. The van der Waals surface area contributed by atoms with Crippen LogP contribution in [0, 0.1) is 0 Å². The van der Waals surface area contributed by atoms with Crippen LogP contribution in [0.4, 0.5) is 0 Å². The van der Waals surface area contributed by atoms with Gasteiger partial charge in [0.05, 0.1) is 0 Å². The van der Waals surface area contributed by atoms with Gasteiger partial charge in [-0.25, -0.2) is 0 Å². The summed E-state index contributed by atoms with van der Waals surface area (Å²) in [7, 11) is 0. The van der Waals surface area contributed by atoms with E-state index in [0.29, 0.717) is 11.5 Å². The van der Waals surface area contributed by atoms with Crippen LogP contribution in [0.5, 0.6) is 11.5 Å². The zero-order valence-corrected chi connectivity index (χ0v) is 9.22. The fourth-order valence-electron chi connectivity index (χ4n) is 3.32. The number of hydrogen-bond donors (Lipinski definition) is 2. The van der Waals surface area contributed by atoms with Crippen LogP contribution >= 0.6 is 0 Å². The molecule has 0 amide bonds. The summed E-state index contributed by atoms with van der Waals surface area (Å²) in [4.78, 5) is 0. The van der Waals surface area contributed by atoms with Crippen molar-refractivity contribution in [3.63, 3.8) is 0 Å². The number of phenols is 2. The van der Waals surface area contributed by atoms with Crippen molar-refractivity contribution < 1.29 is 10.2 Å². The average molecular weight is 224 g/mol. The summed E-state index contributed by atoms with van der Waals surface area (Å²) in [5, 5.41) is 22.3. The molecule has 0 aliphatic heterocycles. The third-order valence-corrected chi connectivity index (χ3v) is 4.06.